The molecule has 0 bridgehead atoms. The maximum absolute atomic E-state index is 4.47. The summed E-state index contributed by atoms with van der Waals surface area (Å²) >= 11 is 0. The molecule has 90 valence electrons. The minimum atomic E-state index is 0.201. The molecule has 4 nitrogen and oxygen atoms in total. The minimum Gasteiger partial charge on any atom is -0.342 e. The van der Waals surface area contributed by atoms with Crippen LogP contribution in [0, 0.1) is 6.92 Å². The Morgan fingerprint density at radius 1 is 1.41 bits per heavy atom. The van der Waals surface area contributed by atoms with Crippen molar-refractivity contribution in [3.05, 3.63) is 23.3 Å². The van der Waals surface area contributed by atoms with Crippen molar-refractivity contribution >= 4 is 11.0 Å². The molecular formula is C13H18N4. The molecule has 0 amide bonds. The number of H-pyrrole nitrogens is 1. The van der Waals surface area contributed by atoms with Crippen LogP contribution in [0.1, 0.15) is 30.9 Å². The van der Waals surface area contributed by atoms with Crippen molar-refractivity contribution in [1.82, 2.24) is 19.9 Å². The van der Waals surface area contributed by atoms with Gasteiger partial charge in [0.1, 0.15) is 11.5 Å². The molecule has 0 saturated carbocycles. The Morgan fingerprint density at radius 2 is 2.18 bits per heavy atom. The van der Waals surface area contributed by atoms with Crippen LogP contribution in [0.4, 0.5) is 0 Å². The fourth-order valence-electron chi connectivity index (χ4n) is 2.52. The summed E-state index contributed by atoms with van der Waals surface area (Å²) in [6, 6.07) is 0. The Labute approximate surface area is 101 Å². The first kappa shape index (κ1) is 10.7. The van der Waals surface area contributed by atoms with E-state index in [2.05, 4.69) is 40.7 Å². The zero-order valence-electron chi connectivity index (χ0n) is 10.8. The highest BCUT2D eigenvalue weighted by Crippen LogP contribution is 2.33. The molecule has 0 aromatic carbocycles. The van der Waals surface area contributed by atoms with E-state index in [1.165, 1.54) is 16.6 Å². The largest absolute Gasteiger partial charge is 0.342 e. The van der Waals surface area contributed by atoms with E-state index in [1.807, 2.05) is 13.1 Å². The second-order valence-electron chi connectivity index (χ2n) is 5.61. The molecule has 0 atom stereocenters. The molecule has 3 heterocycles. The van der Waals surface area contributed by atoms with E-state index in [1.54, 1.807) is 0 Å². The summed E-state index contributed by atoms with van der Waals surface area (Å²) in [5, 5.41) is 1.19. The molecule has 4 heteroatoms. The Hall–Kier alpha value is -1.42. The van der Waals surface area contributed by atoms with Crippen LogP contribution in [-0.2, 0) is 13.0 Å². The number of hydrogen-bond acceptors (Lipinski definition) is 3. The SMILES string of the molecule is Cc1ncc2c3c([nH]c2n1)CN(C)C(C)(C)C3. The minimum absolute atomic E-state index is 0.201. The molecule has 0 aliphatic carbocycles. The topological polar surface area (TPSA) is 44.8 Å². The summed E-state index contributed by atoms with van der Waals surface area (Å²) in [7, 11) is 2.17. The van der Waals surface area contributed by atoms with Gasteiger partial charge in [-0.25, -0.2) is 9.97 Å². The van der Waals surface area contributed by atoms with Crippen molar-refractivity contribution in [2.75, 3.05) is 7.05 Å². The third kappa shape index (κ3) is 1.55. The number of likely N-dealkylation sites (N-methyl/N-ethyl adjacent to an activating group) is 1. The van der Waals surface area contributed by atoms with E-state index in [9.17, 15) is 0 Å². The number of rotatable bonds is 0. The lowest BCUT2D eigenvalue weighted by Gasteiger charge is -2.39. The summed E-state index contributed by atoms with van der Waals surface area (Å²) in [6.07, 6.45) is 3.00. The standard InChI is InChI=1S/C13H18N4/c1-8-14-6-10-9-5-13(2,3)17(4)7-11(9)16-12(10)15-8/h6H,5,7H2,1-4H3,(H,14,15,16). The van der Waals surface area contributed by atoms with E-state index in [-0.39, 0.29) is 5.54 Å². The summed E-state index contributed by atoms with van der Waals surface area (Å²) in [5.74, 6) is 0.823. The van der Waals surface area contributed by atoms with Gasteiger partial charge < -0.3 is 4.98 Å². The number of aromatic amines is 1. The molecule has 0 spiro atoms. The van der Waals surface area contributed by atoms with Gasteiger partial charge >= 0.3 is 0 Å². The molecule has 3 rings (SSSR count). The maximum Gasteiger partial charge on any atom is 0.141 e. The first-order valence-corrected chi connectivity index (χ1v) is 6.02. The summed E-state index contributed by atoms with van der Waals surface area (Å²) in [4.78, 5) is 14.6. The van der Waals surface area contributed by atoms with Gasteiger partial charge in [-0.3, -0.25) is 4.90 Å². The lowest BCUT2D eigenvalue weighted by molar-refractivity contribution is 0.132. The van der Waals surface area contributed by atoms with Gasteiger partial charge in [-0.2, -0.15) is 0 Å². The first-order valence-electron chi connectivity index (χ1n) is 6.02. The van der Waals surface area contributed by atoms with Crippen LogP contribution >= 0.6 is 0 Å². The van der Waals surface area contributed by atoms with Gasteiger partial charge in [0.25, 0.3) is 0 Å². The second-order valence-corrected chi connectivity index (χ2v) is 5.61. The van der Waals surface area contributed by atoms with Gasteiger partial charge in [-0.05, 0) is 39.8 Å². The number of nitrogens with one attached hydrogen (secondary N) is 1. The highest BCUT2D eigenvalue weighted by molar-refractivity contribution is 5.81. The predicted molar refractivity (Wildman–Crippen MR) is 67.9 cm³/mol. The molecule has 1 aliphatic rings. The molecular weight excluding hydrogens is 212 g/mol. The fourth-order valence-corrected chi connectivity index (χ4v) is 2.52. The predicted octanol–water partition coefficient (Wildman–Crippen LogP) is 2.03. The van der Waals surface area contributed by atoms with Gasteiger partial charge in [0.05, 0.1) is 0 Å². The second kappa shape index (κ2) is 3.29. The van der Waals surface area contributed by atoms with Crippen molar-refractivity contribution in [2.45, 2.75) is 39.3 Å². The van der Waals surface area contributed by atoms with Crippen LogP contribution in [0.15, 0.2) is 6.20 Å². The zero-order valence-corrected chi connectivity index (χ0v) is 10.8. The zero-order chi connectivity index (χ0) is 12.2. The van der Waals surface area contributed by atoms with Crippen LogP contribution in [0.2, 0.25) is 0 Å². The third-order valence-corrected chi connectivity index (χ3v) is 3.91. The van der Waals surface area contributed by atoms with Gasteiger partial charge in [-0.1, -0.05) is 0 Å². The highest BCUT2D eigenvalue weighted by Gasteiger charge is 2.32. The van der Waals surface area contributed by atoms with Crippen LogP contribution in [0.5, 0.6) is 0 Å². The average Bonchev–Trinajstić information content (AvgIpc) is 2.55. The van der Waals surface area contributed by atoms with E-state index in [0.29, 0.717) is 0 Å². The Kier molecular flexibility index (Phi) is 2.08. The summed E-state index contributed by atoms with van der Waals surface area (Å²) in [6.45, 7) is 7.45. The fraction of sp³-hybridized carbons (Fsp3) is 0.538. The normalized spacial score (nSPS) is 19.5. The quantitative estimate of drug-likeness (QED) is 0.753. The van der Waals surface area contributed by atoms with Gasteiger partial charge in [-0.15, -0.1) is 0 Å². The molecule has 0 saturated heterocycles. The van der Waals surface area contributed by atoms with Crippen molar-refractivity contribution in [1.29, 1.82) is 0 Å². The number of fused-ring (bicyclic) bond motifs is 3. The smallest absolute Gasteiger partial charge is 0.141 e. The van der Waals surface area contributed by atoms with Gasteiger partial charge in [0, 0.05) is 29.4 Å². The lowest BCUT2D eigenvalue weighted by atomic mass is 9.88. The molecule has 0 radical (unpaired) electrons. The van der Waals surface area contributed by atoms with E-state index in [0.717, 1.165) is 24.4 Å². The van der Waals surface area contributed by atoms with E-state index < -0.39 is 0 Å². The number of aromatic nitrogens is 3. The van der Waals surface area contributed by atoms with E-state index in [4.69, 9.17) is 0 Å². The van der Waals surface area contributed by atoms with Crippen LogP contribution in [0.25, 0.3) is 11.0 Å². The number of aryl methyl sites for hydroxylation is 1. The summed E-state index contributed by atoms with van der Waals surface area (Å²) in [5.41, 5.74) is 3.87. The molecule has 0 unspecified atom stereocenters. The average molecular weight is 230 g/mol. The van der Waals surface area contributed by atoms with Gasteiger partial charge in [0.15, 0.2) is 0 Å². The molecule has 17 heavy (non-hydrogen) atoms. The van der Waals surface area contributed by atoms with Crippen LogP contribution < -0.4 is 0 Å². The molecule has 0 fully saturated rings. The Balaban J connectivity index is 2.21. The highest BCUT2D eigenvalue weighted by atomic mass is 15.2. The maximum atomic E-state index is 4.47. The molecule has 2 aromatic rings. The van der Waals surface area contributed by atoms with Crippen molar-refractivity contribution in [3.8, 4) is 0 Å². The monoisotopic (exact) mass is 230 g/mol. The Morgan fingerprint density at radius 3 is 2.94 bits per heavy atom. The van der Waals surface area contributed by atoms with Crippen molar-refractivity contribution < 1.29 is 0 Å². The van der Waals surface area contributed by atoms with Crippen LogP contribution in [-0.4, -0.2) is 32.4 Å². The summed E-state index contributed by atoms with van der Waals surface area (Å²) < 4.78 is 0. The van der Waals surface area contributed by atoms with Crippen LogP contribution in [0.3, 0.4) is 0 Å². The van der Waals surface area contributed by atoms with E-state index >= 15 is 0 Å². The van der Waals surface area contributed by atoms with Crippen molar-refractivity contribution in [3.63, 3.8) is 0 Å². The number of hydrogen-bond donors (Lipinski definition) is 1. The molecule has 1 aliphatic heterocycles. The lowest BCUT2D eigenvalue weighted by Crippen LogP contribution is -2.45. The first-order chi connectivity index (χ1) is 7.97. The molecule has 2 aromatic heterocycles. The van der Waals surface area contributed by atoms with Gasteiger partial charge in [0.2, 0.25) is 0 Å². The molecule has 1 N–H and O–H groups in total. The Bertz CT molecular complexity index is 582. The third-order valence-electron chi connectivity index (χ3n) is 3.91. The van der Waals surface area contributed by atoms with Crippen molar-refractivity contribution in [2.24, 2.45) is 0 Å². The number of nitrogens with zero attached hydrogens (tertiary/aromatic N) is 3.